The van der Waals surface area contributed by atoms with E-state index >= 15 is 19.2 Å². The number of fused-ring (bicyclic) bond motifs is 7. The highest BCUT2D eigenvalue weighted by molar-refractivity contribution is 8.76. The van der Waals surface area contributed by atoms with E-state index < -0.39 is 154 Å². The van der Waals surface area contributed by atoms with E-state index in [1.807, 2.05) is 85.0 Å². The molecule has 652 valence electrons. The lowest BCUT2D eigenvalue weighted by molar-refractivity contribution is -0.436. The molecule has 0 saturated carbocycles. The molecule has 1 fully saturated rings. The van der Waals surface area contributed by atoms with Gasteiger partial charge in [0.2, 0.25) is 58.9 Å². The van der Waals surface area contributed by atoms with Crippen molar-refractivity contribution in [3.05, 3.63) is 234 Å². The number of nitrogens with two attached hydrogens (primary N) is 1. The number of aromatic amines is 1. The first kappa shape index (κ1) is 92.3. The number of carboxylic acids is 2. The average molecular weight is 1730 g/mol. The topological polar surface area (TPSA) is 445 Å². The first-order valence-corrected chi connectivity index (χ1v) is 43.9. The summed E-state index contributed by atoms with van der Waals surface area (Å²) in [5, 5.41) is 80.8. The van der Waals surface area contributed by atoms with Crippen LogP contribution >= 0.6 is 21.6 Å². The van der Waals surface area contributed by atoms with Crippen molar-refractivity contribution in [2.24, 2.45) is 5.73 Å². The summed E-state index contributed by atoms with van der Waals surface area (Å²) in [7, 11) is 1.72. The molecule has 4 heterocycles. The molecule has 0 spiro atoms. The molecule has 8 aromatic rings. The second-order valence-electron chi connectivity index (χ2n) is 32.3. The molecule has 0 bridgehead atoms. The van der Waals surface area contributed by atoms with Gasteiger partial charge in [-0.05, 0) is 141 Å². The third-order valence-electron chi connectivity index (χ3n) is 22.5. The van der Waals surface area contributed by atoms with Gasteiger partial charge < -0.3 is 89.0 Å². The summed E-state index contributed by atoms with van der Waals surface area (Å²) in [6.07, 6.45) is 11.7. The molecule has 0 aliphatic carbocycles. The molecule has 0 radical (unpaired) electrons. The fraction of sp³-hybridized carbons (Fsp3) is 0.355. The van der Waals surface area contributed by atoms with E-state index in [1.165, 1.54) is 38.1 Å². The number of phenols is 1. The van der Waals surface area contributed by atoms with Gasteiger partial charge in [0, 0.05) is 88.9 Å². The van der Waals surface area contributed by atoms with E-state index in [0.29, 0.717) is 40.6 Å². The van der Waals surface area contributed by atoms with Crippen LogP contribution in [0.25, 0.3) is 32.4 Å². The van der Waals surface area contributed by atoms with E-state index in [0.717, 1.165) is 84.0 Å². The standard InChI is InChI=1S/C93H107N13O16S2/c1-54(96-77(110)43-46-105-73-41-37-59-26-16-18-29-64(59)79(73)92(4,5)75(105)33-14-9-8-10-15-34-76-93(6,7)80-65-30-19-17-27-60(65)38-42-74(80)106(76)47-44-78(111)112)83(113)98-68(48-57-24-12-11-13-25-57)86(116)101-71-52-123-124-53-72(89(119)104-82(56(3)108)91(121)122)102-90(120)81(55(2)107)103-84(114)67(32-22-23-45-94)97-87(117)70(50-61-51-95-66-31-21-20-28-63(61)66)100-85(115)69(99-88(71)118)49-58-35-39-62(109)40-36-58/h8-21,24-31,33-42,51,54-56,67-72,81-82,95,107-108H,22-23,32,43-50,52-53,94H2,1-7H3,(H11-,96,97,98,99,100,101,102,103,104,109,110,111,112,113,114,115,116,117,118,119,120,121,122)/p+1/t54-,55+,56+,67-,68+,69-,70+,71-,72-,81-,82-/m0/s1. The molecule has 7 aromatic carbocycles. The maximum Gasteiger partial charge on any atom is 0.328 e. The number of nitrogens with zero attached hydrogens (tertiary/aromatic N) is 2. The van der Waals surface area contributed by atoms with E-state index in [1.54, 1.807) is 60.8 Å². The van der Waals surface area contributed by atoms with Crippen LogP contribution in [0.3, 0.4) is 0 Å². The van der Waals surface area contributed by atoms with Crippen LogP contribution in [0.4, 0.5) is 11.4 Å². The Morgan fingerprint density at radius 1 is 0.605 bits per heavy atom. The van der Waals surface area contributed by atoms with Crippen LogP contribution in [0.1, 0.15) is 108 Å². The molecule has 11 atom stereocenters. The maximum absolute atomic E-state index is 15.5. The minimum Gasteiger partial charge on any atom is -0.508 e. The monoisotopic (exact) mass is 1730 g/mol. The highest BCUT2D eigenvalue weighted by Gasteiger charge is 2.47. The van der Waals surface area contributed by atoms with Crippen LogP contribution in [0.2, 0.25) is 0 Å². The molecule has 31 heteroatoms. The largest absolute Gasteiger partial charge is 0.508 e. The summed E-state index contributed by atoms with van der Waals surface area (Å²) in [5.41, 5.74) is 13.0. The molecule has 17 N–H and O–H groups in total. The van der Waals surface area contributed by atoms with Gasteiger partial charge in [0.15, 0.2) is 18.3 Å². The Balaban J connectivity index is 0.863. The Kier molecular flexibility index (Phi) is 31.3. The zero-order valence-electron chi connectivity index (χ0n) is 70.1. The van der Waals surface area contributed by atoms with Gasteiger partial charge in [-0.3, -0.25) is 47.9 Å². The minimum absolute atomic E-state index is 0.0461. The van der Waals surface area contributed by atoms with Crippen molar-refractivity contribution in [3.8, 4) is 5.75 Å². The number of benzene rings is 7. The van der Waals surface area contributed by atoms with Crippen molar-refractivity contribution in [2.75, 3.05) is 36.0 Å². The van der Waals surface area contributed by atoms with Gasteiger partial charge in [-0.2, -0.15) is 4.58 Å². The van der Waals surface area contributed by atoms with Crippen LogP contribution in [0.15, 0.2) is 206 Å². The summed E-state index contributed by atoms with van der Waals surface area (Å²) in [4.78, 5) is 163. The molecule has 3 aliphatic heterocycles. The van der Waals surface area contributed by atoms with Crippen molar-refractivity contribution < 1.29 is 82.8 Å². The average Bonchev–Trinajstić information content (AvgIpc) is 1.39. The predicted molar refractivity (Wildman–Crippen MR) is 479 cm³/mol. The number of nitrogens with one attached hydrogen (secondary N) is 10. The van der Waals surface area contributed by atoms with Gasteiger partial charge in [-0.15, -0.1) is 0 Å². The SMILES string of the molecule is C[C@H](NC(=O)CC[N+]1=C(/C=C/C=C/C=C/C=C2/N(CCC(=O)O)c3ccc4ccccc4c3C2(C)C)C(C)(C)c2c1ccc1ccccc21)C(=O)N[C@H](Cc1ccccc1)C(=O)N[C@H]1CSSC[C@@H](C(=O)N[C@H](C(=O)O)[C@@H](C)O)NC(=O)[C@H]([C@@H](C)O)NC(=O)[C@H](CCCCN)NC(=O)[C@@H](Cc2c[nH]c3ccccc23)NC(=O)[C@H](Cc2ccc(O)cc2)NC1=O. The Morgan fingerprint density at radius 2 is 1.22 bits per heavy atom. The Labute approximate surface area is 726 Å². The number of H-pyrrole nitrogens is 1. The number of phenolic OH excluding ortho intramolecular Hbond substituents is 1. The Morgan fingerprint density at radius 3 is 1.90 bits per heavy atom. The molecule has 1 saturated heterocycles. The molecule has 29 nitrogen and oxygen atoms in total. The number of carbonyl (C=O) groups excluding carboxylic acids is 9. The third kappa shape index (κ3) is 22.9. The number of unbranched alkanes of at least 4 members (excludes halogenated alkanes) is 1. The number of rotatable bonds is 30. The van der Waals surface area contributed by atoms with E-state index in [9.17, 15) is 59.1 Å². The van der Waals surface area contributed by atoms with Gasteiger partial charge >= 0.3 is 11.9 Å². The number of aromatic hydroxyl groups is 1. The lowest BCUT2D eigenvalue weighted by Crippen LogP contribution is -2.62. The van der Waals surface area contributed by atoms with E-state index in [2.05, 4.69) is 120 Å². The molecular formula is C93H108N13O16S2+. The van der Waals surface area contributed by atoms with Gasteiger partial charge in [-0.25, -0.2) is 4.79 Å². The molecule has 0 unspecified atom stereocenters. The minimum atomic E-state index is -1.90. The zero-order valence-corrected chi connectivity index (χ0v) is 71.7. The summed E-state index contributed by atoms with van der Waals surface area (Å²) >= 11 is 0. The molecule has 3 aliphatic rings. The van der Waals surface area contributed by atoms with Crippen LogP contribution in [-0.2, 0) is 82.8 Å². The lowest BCUT2D eigenvalue weighted by atomic mass is 9.79. The van der Waals surface area contributed by atoms with Crippen molar-refractivity contribution >= 4 is 136 Å². The van der Waals surface area contributed by atoms with E-state index in [-0.39, 0.29) is 63.8 Å². The number of para-hydroxylation sites is 1. The van der Waals surface area contributed by atoms with Crippen molar-refractivity contribution in [1.82, 2.24) is 52.8 Å². The number of aliphatic carboxylic acids is 2. The second kappa shape index (κ2) is 42.1. The molecule has 11 rings (SSSR count). The number of anilines is 1. The fourth-order valence-electron chi connectivity index (χ4n) is 16.0. The number of hydrogen-bond donors (Lipinski definition) is 16. The van der Waals surface area contributed by atoms with Crippen LogP contribution in [0.5, 0.6) is 5.75 Å². The Bertz CT molecular complexity index is 5450. The highest BCUT2D eigenvalue weighted by atomic mass is 33.1. The van der Waals surface area contributed by atoms with Crippen LogP contribution in [-0.4, -0.2) is 204 Å². The van der Waals surface area contributed by atoms with Crippen molar-refractivity contribution in [1.29, 1.82) is 0 Å². The number of aromatic nitrogens is 1. The number of aliphatic hydroxyl groups is 2. The van der Waals surface area contributed by atoms with Gasteiger partial charge in [0.25, 0.3) is 0 Å². The summed E-state index contributed by atoms with van der Waals surface area (Å²) in [6.45, 7) is 13.0. The summed E-state index contributed by atoms with van der Waals surface area (Å²) in [5.74, 6) is -11.8. The first-order chi connectivity index (χ1) is 59.3. The summed E-state index contributed by atoms with van der Waals surface area (Å²) < 4.78 is 2.10. The normalized spacial score (nSPS) is 20.6. The van der Waals surface area contributed by atoms with E-state index in [4.69, 9.17) is 5.73 Å². The number of aliphatic hydroxyl groups excluding tert-OH is 2. The van der Waals surface area contributed by atoms with Crippen molar-refractivity contribution in [3.63, 3.8) is 0 Å². The zero-order chi connectivity index (χ0) is 89.1. The summed E-state index contributed by atoms with van der Waals surface area (Å²) in [6, 6.07) is 31.6. The van der Waals surface area contributed by atoms with Crippen molar-refractivity contribution in [2.45, 2.75) is 177 Å². The number of carboxylic acid groups (broad SMARTS) is 2. The van der Waals surface area contributed by atoms with Crippen LogP contribution < -0.4 is 58.5 Å². The predicted octanol–water partition coefficient (Wildman–Crippen LogP) is 7.25. The quantitative estimate of drug-likeness (QED) is 0.00911. The maximum atomic E-state index is 15.5. The molecule has 9 amide bonds. The Hall–Kier alpha value is -12.4. The lowest BCUT2D eigenvalue weighted by Gasteiger charge is -2.29. The van der Waals surface area contributed by atoms with Gasteiger partial charge in [-0.1, -0.05) is 181 Å². The fourth-order valence-corrected chi connectivity index (χ4v) is 18.3. The highest BCUT2D eigenvalue weighted by Crippen LogP contribution is 2.51. The number of carbonyl (C=O) groups is 11. The van der Waals surface area contributed by atoms with Crippen LogP contribution in [0, 0.1) is 0 Å². The smallest absolute Gasteiger partial charge is 0.328 e. The second-order valence-corrected chi connectivity index (χ2v) is 34.9. The molecular weight excluding hydrogens is 1620 g/mol. The first-order valence-electron chi connectivity index (χ1n) is 41.4. The molecule has 1 aromatic heterocycles. The third-order valence-corrected chi connectivity index (χ3v) is 24.9. The van der Waals surface area contributed by atoms with Gasteiger partial charge in [0.05, 0.1) is 30.5 Å². The number of hydrogen-bond acceptors (Lipinski definition) is 18. The number of allylic oxidation sites excluding steroid dienone is 8. The molecule has 124 heavy (non-hydrogen) atoms. The number of amides is 9. The van der Waals surface area contributed by atoms with Gasteiger partial charge in [0.1, 0.15) is 54.1 Å².